The van der Waals surface area contributed by atoms with Crippen molar-refractivity contribution in [3.8, 4) is 5.75 Å². The first-order chi connectivity index (χ1) is 22.0. The Kier molecular flexibility index (Phi) is 12.3. The Hall–Kier alpha value is -3.77. The van der Waals surface area contributed by atoms with Gasteiger partial charge < -0.3 is 24.8 Å². The van der Waals surface area contributed by atoms with Gasteiger partial charge >= 0.3 is 0 Å². The summed E-state index contributed by atoms with van der Waals surface area (Å²) >= 11 is 0. The molecule has 1 aliphatic heterocycles. The van der Waals surface area contributed by atoms with E-state index >= 15 is 0 Å². The molecule has 2 amide bonds. The van der Waals surface area contributed by atoms with Crippen LogP contribution in [0.15, 0.2) is 83.8 Å². The molecule has 2 N–H and O–H groups in total. The molecule has 0 aliphatic carbocycles. The van der Waals surface area contributed by atoms with E-state index in [1.807, 2.05) is 19.9 Å². The number of fused-ring (bicyclic) bond motifs is 1. The number of rotatable bonds is 8. The molecule has 0 saturated carbocycles. The smallest absolute Gasteiger partial charge is 0.258 e. The lowest BCUT2D eigenvalue weighted by molar-refractivity contribution is -0.00834. The van der Waals surface area contributed by atoms with Gasteiger partial charge in [-0.05, 0) is 75.6 Å². The van der Waals surface area contributed by atoms with Gasteiger partial charge in [0.25, 0.3) is 11.8 Å². The first kappa shape index (κ1) is 35.1. The zero-order valence-electron chi connectivity index (χ0n) is 27.0. The summed E-state index contributed by atoms with van der Waals surface area (Å²) in [6, 6.07) is 21.5. The van der Waals surface area contributed by atoms with Crippen LogP contribution < -0.4 is 10.1 Å². The van der Waals surface area contributed by atoms with Crippen LogP contribution in [-0.2, 0) is 14.8 Å². The summed E-state index contributed by atoms with van der Waals surface area (Å²) in [5.74, 6) is -0.616. The Balaban J connectivity index is 1.65. The van der Waals surface area contributed by atoms with Crippen LogP contribution in [0.1, 0.15) is 60.7 Å². The molecule has 0 spiro atoms. The fourth-order valence-corrected chi connectivity index (χ4v) is 6.58. The lowest BCUT2D eigenvalue weighted by Crippen LogP contribution is -2.48. The van der Waals surface area contributed by atoms with Crippen LogP contribution in [0.2, 0.25) is 0 Å². The van der Waals surface area contributed by atoms with Gasteiger partial charge in [0, 0.05) is 43.9 Å². The molecule has 11 heteroatoms. The number of benzene rings is 3. The maximum Gasteiger partial charge on any atom is 0.258 e. The Morgan fingerprint density at radius 2 is 1.72 bits per heavy atom. The molecular weight excluding hydrogens is 606 g/mol. The van der Waals surface area contributed by atoms with E-state index in [9.17, 15) is 23.1 Å². The minimum atomic E-state index is -3.77. The highest BCUT2D eigenvalue weighted by Gasteiger charge is 2.32. The molecule has 46 heavy (non-hydrogen) atoms. The van der Waals surface area contributed by atoms with Gasteiger partial charge in [-0.1, -0.05) is 43.3 Å². The first-order valence-electron chi connectivity index (χ1n) is 15.7. The molecule has 0 radical (unpaired) electrons. The van der Waals surface area contributed by atoms with Crippen LogP contribution in [0.5, 0.6) is 5.75 Å². The zero-order valence-corrected chi connectivity index (χ0v) is 27.8. The summed E-state index contributed by atoms with van der Waals surface area (Å²) < 4.78 is 40.6. The lowest BCUT2D eigenvalue weighted by atomic mass is 10.0. The van der Waals surface area contributed by atoms with Gasteiger partial charge in [0.1, 0.15) is 5.75 Å². The highest BCUT2D eigenvalue weighted by Crippen LogP contribution is 2.29. The third-order valence-electron chi connectivity index (χ3n) is 8.23. The van der Waals surface area contributed by atoms with Crippen molar-refractivity contribution < 1.29 is 32.6 Å². The van der Waals surface area contributed by atoms with Gasteiger partial charge in [-0.25, -0.2) is 8.42 Å². The van der Waals surface area contributed by atoms with Gasteiger partial charge in [0.05, 0.1) is 35.3 Å². The number of nitrogens with one attached hydrogen (secondary N) is 1. The van der Waals surface area contributed by atoms with Crippen molar-refractivity contribution in [1.29, 1.82) is 0 Å². The van der Waals surface area contributed by atoms with E-state index in [2.05, 4.69) is 5.32 Å². The average molecular weight is 652 g/mol. The molecule has 1 aliphatic rings. The van der Waals surface area contributed by atoms with E-state index < -0.39 is 22.2 Å². The summed E-state index contributed by atoms with van der Waals surface area (Å²) in [6.07, 6.45) is 1.53. The SMILES string of the molecule is C[C@@H]1CCCCO[C@@H](CN(C)S(=O)(=O)c2ccccc2)[C@H](C)CN([C@@H](C)CO)C(=O)c2cc(NC(=O)c3ccccc3)ccc2O1. The van der Waals surface area contributed by atoms with E-state index in [1.165, 1.54) is 11.4 Å². The van der Waals surface area contributed by atoms with Gasteiger partial charge in [-0.3, -0.25) is 9.59 Å². The molecule has 4 rings (SSSR count). The van der Waals surface area contributed by atoms with Crippen LogP contribution in [0.25, 0.3) is 0 Å². The predicted molar refractivity (Wildman–Crippen MR) is 178 cm³/mol. The molecule has 0 fully saturated rings. The second-order valence-electron chi connectivity index (χ2n) is 11.9. The highest BCUT2D eigenvalue weighted by atomic mass is 32.2. The molecule has 10 nitrogen and oxygen atoms in total. The normalized spacial score (nSPS) is 20.7. The molecule has 0 unspecified atom stereocenters. The number of ether oxygens (including phenoxy) is 2. The summed E-state index contributed by atoms with van der Waals surface area (Å²) in [5, 5.41) is 13.1. The van der Waals surface area contributed by atoms with Crippen LogP contribution in [0.4, 0.5) is 5.69 Å². The quantitative estimate of drug-likeness (QED) is 0.349. The maximum absolute atomic E-state index is 14.3. The van der Waals surface area contributed by atoms with E-state index in [0.717, 1.165) is 12.8 Å². The topological polar surface area (TPSA) is 125 Å². The Morgan fingerprint density at radius 3 is 2.39 bits per heavy atom. The Labute approximate surface area is 272 Å². The number of carbonyl (C=O) groups is 2. The van der Waals surface area contributed by atoms with E-state index in [1.54, 1.807) is 84.6 Å². The second kappa shape index (κ2) is 16.2. The zero-order chi connectivity index (χ0) is 33.3. The number of hydrogen-bond acceptors (Lipinski definition) is 7. The van der Waals surface area contributed by atoms with Crippen molar-refractivity contribution in [2.45, 2.75) is 63.2 Å². The number of likely N-dealkylation sites (N-methyl/N-ethyl adjacent to an activating group) is 1. The van der Waals surface area contributed by atoms with Crippen molar-refractivity contribution in [2.24, 2.45) is 5.92 Å². The van der Waals surface area contributed by atoms with Crippen molar-refractivity contribution in [3.05, 3.63) is 90.0 Å². The van der Waals surface area contributed by atoms with Crippen molar-refractivity contribution in [3.63, 3.8) is 0 Å². The number of aliphatic hydroxyl groups excluding tert-OH is 1. The fourth-order valence-electron chi connectivity index (χ4n) is 5.38. The largest absolute Gasteiger partial charge is 0.490 e. The van der Waals surface area contributed by atoms with Crippen molar-refractivity contribution >= 4 is 27.5 Å². The molecule has 0 bridgehead atoms. The summed E-state index contributed by atoms with van der Waals surface area (Å²) in [5.41, 5.74) is 1.16. The van der Waals surface area contributed by atoms with E-state index in [0.29, 0.717) is 30.0 Å². The number of carbonyl (C=O) groups excluding carboxylic acids is 2. The number of amides is 2. The molecule has 0 saturated heterocycles. The van der Waals surface area contributed by atoms with Gasteiger partial charge in [-0.2, -0.15) is 4.31 Å². The van der Waals surface area contributed by atoms with Gasteiger partial charge in [0.15, 0.2) is 0 Å². The first-order valence-corrected chi connectivity index (χ1v) is 17.2. The Bertz CT molecular complexity index is 1550. The van der Waals surface area contributed by atoms with Crippen LogP contribution in [0, 0.1) is 5.92 Å². The molecule has 4 atom stereocenters. The maximum atomic E-state index is 14.3. The standard InChI is InChI=1S/C35H45N3O7S/c1-25-22-38(26(2)24-39)35(41)31-21-29(36-34(40)28-14-7-5-8-15-28)18-19-32(31)45-27(3)13-11-12-20-44-33(25)23-37(4)46(42,43)30-16-9-6-10-17-30/h5-10,14-19,21,25-27,33,39H,11-13,20,22-24H2,1-4H3,(H,36,40)/t25-,26+,27-,33+/m1/s1. The number of aliphatic hydroxyl groups is 1. The molecular formula is C35H45N3O7S. The second-order valence-corrected chi connectivity index (χ2v) is 14.0. The molecule has 0 aromatic heterocycles. The molecule has 1 heterocycles. The minimum absolute atomic E-state index is 0.0830. The lowest BCUT2D eigenvalue weighted by Gasteiger charge is -2.35. The number of sulfonamides is 1. The van der Waals surface area contributed by atoms with Crippen molar-refractivity contribution in [2.75, 3.05) is 38.7 Å². The summed E-state index contributed by atoms with van der Waals surface area (Å²) in [7, 11) is -2.24. The number of anilines is 1. The molecule has 3 aromatic rings. The summed E-state index contributed by atoms with van der Waals surface area (Å²) in [4.78, 5) is 29.0. The van der Waals surface area contributed by atoms with E-state index in [-0.39, 0.29) is 54.0 Å². The summed E-state index contributed by atoms with van der Waals surface area (Å²) in [6.45, 7) is 6.00. The minimum Gasteiger partial charge on any atom is -0.490 e. The highest BCUT2D eigenvalue weighted by molar-refractivity contribution is 7.89. The van der Waals surface area contributed by atoms with Gasteiger partial charge in [0.2, 0.25) is 10.0 Å². The van der Waals surface area contributed by atoms with Crippen LogP contribution in [-0.4, -0.2) is 86.1 Å². The Morgan fingerprint density at radius 1 is 1.04 bits per heavy atom. The van der Waals surface area contributed by atoms with E-state index in [4.69, 9.17) is 9.47 Å². The third-order valence-corrected chi connectivity index (χ3v) is 10.1. The van der Waals surface area contributed by atoms with Crippen LogP contribution >= 0.6 is 0 Å². The average Bonchev–Trinajstić information content (AvgIpc) is 3.06. The van der Waals surface area contributed by atoms with Crippen molar-refractivity contribution in [1.82, 2.24) is 9.21 Å². The monoisotopic (exact) mass is 651 g/mol. The third kappa shape index (κ3) is 8.94. The van der Waals surface area contributed by atoms with Crippen LogP contribution in [0.3, 0.4) is 0 Å². The van der Waals surface area contributed by atoms with Gasteiger partial charge in [-0.15, -0.1) is 0 Å². The number of nitrogens with zero attached hydrogens (tertiary/aromatic N) is 2. The molecule has 248 valence electrons. The predicted octanol–water partition coefficient (Wildman–Crippen LogP) is 5.06. The molecule has 3 aromatic carbocycles. The number of hydrogen-bond donors (Lipinski definition) is 2. The fraction of sp³-hybridized carbons (Fsp3) is 0.429.